The molecule has 21 heavy (non-hydrogen) atoms. The Labute approximate surface area is 135 Å². The third-order valence-corrected chi connectivity index (χ3v) is 3.36. The summed E-state index contributed by atoms with van der Waals surface area (Å²) in [6.07, 6.45) is 0. The van der Waals surface area contributed by atoms with Gasteiger partial charge in [-0.05, 0) is 30.3 Å². The van der Waals surface area contributed by atoms with Gasteiger partial charge in [-0.1, -0.05) is 53.2 Å². The number of nitrogens with zero attached hydrogens (tertiary/aromatic N) is 1. The number of halogens is 2. The molecule has 0 aliphatic heterocycles. The summed E-state index contributed by atoms with van der Waals surface area (Å²) in [6, 6.07) is 15.2. The Balaban J connectivity index is 1.82. The first kappa shape index (κ1) is 15.6. The molecule has 0 aliphatic rings. The van der Waals surface area contributed by atoms with Crippen LogP contribution in [0.3, 0.4) is 0 Å². The summed E-state index contributed by atoms with van der Waals surface area (Å²) >= 11 is 11.8. The maximum atomic E-state index is 6.01. The minimum atomic E-state index is 0.296. The molecular formula is C17H15Cl2NO. The molecule has 0 heterocycles. The van der Waals surface area contributed by atoms with Crippen LogP contribution in [0.5, 0.6) is 5.75 Å². The number of benzene rings is 2. The predicted octanol–water partition coefficient (Wildman–Crippen LogP) is 4.51. The molecule has 0 amide bonds. The van der Waals surface area contributed by atoms with Gasteiger partial charge in [-0.15, -0.1) is 0 Å². The molecule has 0 fully saturated rings. The number of rotatable bonds is 4. The molecule has 2 aromatic carbocycles. The topological polar surface area (TPSA) is 12.5 Å². The molecule has 0 bridgehead atoms. The van der Waals surface area contributed by atoms with Gasteiger partial charge < -0.3 is 9.64 Å². The van der Waals surface area contributed by atoms with E-state index >= 15 is 0 Å². The highest BCUT2D eigenvalue weighted by atomic mass is 35.5. The van der Waals surface area contributed by atoms with Gasteiger partial charge in [0.25, 0.3) is 0 Å². The van der Waals surface area contributed by atoms with Gasteiger partial charge in [0.15, 0.2) is 0 Å². The van der Waals surface area contributed by atoms with Gasteiger partial charge in [0.1, 0.15) is 12.4 Å². The smallest absolute Gasteiger partial charge is 0.149 e. The Kier molecular flexibility index (Phi) is 5.80. The molecular weight excluding hydrogens is 305 g/mol. The molecule has 0 aliphatic carbocycles. The first-order valence-electron chi connectivity index (χ1n) is 6.46. The number of ether oxygens (including phenoxy) is 1. The molecule has 2 nitrogen and oxygen atoms in total. The van der Waals surface area contributed by atoms with Crippen molar-refractivity contribution >= 4 is 28.9 Å². The van der Waals surface area contributed by atoms with Gasteiger partial charge in [-0.25, -0.2) is 0 Å². The van der Waals surface area contributed by atoms with Crippen molar-refractivity contribution in [2.75, 3.05) is 25.1 Å². The Morgan fingerprint density at radius 2 is 1.81 bits per heavy atom. The second-order valence-electron chi connectivity index (χ2n) is 4.41. The fourth-order valence-corrected chi connectivity index (χ4v) is 2.17. The lowest BCUT2D eigenvalue weighted by atomic mass is 10.3. The van der Waals surface area contributed by atoms with Crippen molar-refractivity contribution in [1.82, 2.24) is 0 Å². The maximum absolute atomic E-state index is 6.01. The highest BCUT2D eigenvalue weighted by Crippen LogP contribution is 2.27. The summed E-state index contributed by atoms with van der Waals surface area (Å²) in [5, 5.41) is 1.08. The summed E-state index contributed by atoms with van der Waals surface area (Å²) in [5.74, 6) is 6.63. The van der Waals surface area contributed by atoms with Gasteiger partial charge >= 0.3 is 0 Å². The average Bonchev–Trinajstić information content (AvgIpc) is 2.49. The number of para-hydroxylation sites is 1. The standard InChI is InChI=1S/C17H15Cl2NO/c1-20(15-7-3-2-4-8-15)11-5-6-12-21-17-10-9-14(18)13-16(17)19/h2-4,7-10,13H,11-12H2,1H3. The van der Waals surface area contributed by atoms with Crippen molar-refractivity contribution < 1.29 is 4.74 Å². The summed E-state index contributed by atoms with van der Waals surface area (Å²) in [5.41, 5.74) is 1.13. The minimum absolute atomic E-state index is 0.296. The molecule has 0 aromatic heterocycles. The largest absolute Gasteiger partial charge is 0.479 e. The molecule has 0 atom stereocenters. The van der Waals surface area contributed by atoms with E-state index in [2.05, 4.69) is 16.7 Å². The molecule has 108 valence electrons. The molecule has 0 radical (unpaired) electrons. The van der Waals surface area contributed by atoms with Crippen molar-refractivity contribution in [2.45, 2.75) is 0 Å². The van der Waals surface area contributed by atoms with Crippen LogP contribution in [0.4, 0.5) is 5.69 Å². The van der Waals surface area contributed by atoms with E-state index in [1.54, 1.807) is 18.2 Å². The van der Waals surface area contributed by atoms with E-state index in [0.717, 1.165) is 5.69 Å². The number of hydrogen-bond acceptors (Lipinski definition) is 2. The monoisotopic (exact) mass is 319 g/mol. The zero-order valence-electron chi connectivity index (χ0n) is 11.6. The third-order valence-electron chi connectivity index (χ3n) is 2.83. The fourth-order valence-electron chi connectivity index (χ4n) is 1.71. The summed E-state index contributed by atoms with van der Waals surface area (Å²) < 4.78 is 5.50. The molecule has 2 aromatic rings. The first-order valence-corrected chi connectivity index (χ1v) is 7.22. The molecule has 0 saturated carbocycles. The van der Waals surface area contributed by atoms with Crippen LogP contribution in [0.25, 0.3) is 0 Å². The summed E-state index contributed by atoms with van der Waals surface area (Å²) in [6.45, 7) is 0.936. The molecule has 0 saturated heterocycles. The second-order valence-corrected chi connectivity index (χ2v) is 5.25. The Hall–Kier alpha value is -1.82. The van der Waals surface area contributed by atoms with Crippen molar-refractivity contribution in [3.05, 3.63) is 58.6 Å². The van der Waals surface area contributed by atoms with Crippen LogP contribution in [-0.2, 0) is 0 Å². The minimum Gasteiger partial charge on any atom is -0.479 e. The van der Waals surface area contributed by atoms with Gasteiger partial charge in [0.2, 0.25) is 0 Å². The van der Waals surface area contributed by atoms with E-state index in [4.69, 9.17) is 27.9 Å². The van der Waals surface area contributed by atoms with Crippen LogP contribution in [0.15, 0.2) is 48.5 Å². The molecule has 0 unspecified atom stereocenters. The third kappa shape index (κ3) is 4.90. The Bertz CT molecular complexity index is 647. The number of anilines is 1. The van der Waals surface area contributed by atoms with E-state index in [9.17, 15) is 0 Å². The molecule has 0 N–H and O–H groups in total. The molecule has 2 rings (SSSR count). The highest BCUT2D eigenvalue weighted by molar-refractivity contribution is 6.35. The van der Waals surface area contributed by atoms with Crippen LogP contribution in [0.1, 0.15) is 0 Å². The van der Waals surface area contributed by atoms with Crippen LogP contribution in [0, 0.1) is 11.8 Å². The maximum Gasteiger partial charge on any atom is 0.149 e. The van der Waals surface area contributed by atoms with Crippen LogP contribution < -0.4 is 9.64 Å². The SMILES string of the molecule is CN(CC#CCOc1ccc(Cl)cc1Cl)c1ccccc1. The van der Waals surface area contributed by atoms with Gasteiger partial charge in [-0.2, -0.15) is 0 Å². The lowest BCUT2D eigenvalue weighted by molar-refractivity contribution is 0.370. The van der Waals surface area contributed by atoms with Crippen molar-refractivity contribution in [3.8, 4) is 17.6 Å². The van der Waals surface area contributed by atoms with E-state index in [1.807, 2.05) is 37.4 Å². The number of hydrogen-bond donors (Lipinski definition) is 0. The summed E-state index contributed by atoms with van der Waals surface area (Å²) in [4.78, 5) is 2.07. The van der Waals surface area contributed by atoms with Crippen LogP contribution in [-0.4, -0.2) is 20.2 Å². The van der Waals surface area contributed by atoms with E-state index in [-0.39, 0.29) is 0 Å². The molecule has 4 heteroatoms. The zero-order valence-corrected chi connectivity index (χ0v) is 13.2. The predicted molar refractivity (Wildman–Crippen MR) is 89.4 cm³/mol. The van der Waals surface area contributed by atoms with Gasteiger partial charge in [0.05, 0.1) is 11.6 Å². The Morgan fingerprint density at radius 1 is 1.05 bits per heavy atom. The summed E-state index contributed by atoms with van der Waals surface area (Å²) in [7, 11) is 2.00. The van der Waals surface area contributed by atoms with Crippen molar-refractivity contribution in [2.24, 2.45) is 0 Å². The van der Waals surface area contributed by atoms with Gasteiger partial charge in [0, 0.05) is 17.8 Å². The first-order chi connectivity index (χ1) is 10.2. The fraction of sp³-hybridized carbons (Fsp3) is 0.176. The van der Waals surface area contributed by atoms with E-state index in [0.29, 0.717) is 28.9 Å². The van der Waals surface area contributed by atoms with Crippen LogP contribution >= 0.6 is 23.2 Å². The van der Waals surface area contributed by atoms with Gasteiger partial charge in [-0.3, -0.25) is 0 Å². The van der Waals surface area contributed by atoms with Crippen molar-refractivity contribution in [1.29, 1.82) is 0 Å². The second kappa shape index (κ2) is 7.83. The van der Waals surface area contributed by atoms with E-state index in [1.165, 1.54) is 0 Å². The lowest BCUT2D eigenvalue weighted by Crippen LogP contribution is -2.16. The van der Waals surface area contributed by atoms with Crippen molar-refractivity contribution in [3.63, 3.8) is 0 Å². The van der Waals surface area contributed by atoms with E-state index < -0.39 is 0 Å². The van der Waals surface area contributed by atoms with Crippen LogP contribution in [0.2, 0.25) is 10.0 Å². The Morgan fingerprint density at radius 3 is 2.52 bits per heavy atom. The quantitative estimate of drug-likeness (QED) is 0.769. The molecule has 0 spiro atoms. The normalized spacial score (nSPS) is 9.67. The lowest BCUT2D eigenvalue weighted by Gasteiger charge is -2.15. The zero-order chi connectivity index (χ0) is 15.1. The average molecular weight is 320 g/mol. The highest BCUT2D eigenvalue weighted by Gasteiger charge is 2.00.